The minimum atomic E-state index is -0.700. The molecule has 116 valence electrons. The maximum Gasteiger partial charge on any atom is 0.256 e. The molecule has 0 saturated heterocycles. The van der Waals surface area contributed by atoms with Crippen LogP contribution in [0.2, 0.25) is 0 Å². The molecule has 5 nitrogen and oxygen atoms in total. The van der Waals surface area contributed by atoms with Crippen LogP contribution in [0, 0.1) is 0 Å². The van der Waals surface area contributed by atoms with E-state index in [1.165, 1.54) is 0 Å². The Hall–Kier alpha value is -2.14. The molecule has 0 bridgehead atoms. The zero-order chi connectivity index (χ0) is 15.6. The fourth-order valence-corrected chi connectivity index (χ4v) is 3.13. The molecular formula is C17H20N2O3. The minimum Gasteiger partial charge on any atom is -0.494 e. The van der Waals surface area contributed by atoms with Gasteiger partial charge in [-0.2, -0.15) is 0 Å². The lowest BCUT2D eigenvalue weighted by atomic mass is 10.0. The molecule has 0 unspecified atom stereocenters. The van der Waals surface area contributed by atoms with E-state index in [0.717, 1.165) is 42.3 Å². The first-order chi connectivity index (χ1) is 10.7. The van der Waals surface area contributed by atoms with Crippen molar-refractivity contribution in [2.75, 3.05) is 19.5 Å². The van der Waals surface area contributed by atoms with E-state index in [1.807, 2.05) is 24.3 Å². The molecule has 0 radical (unpaired) electrons. The second kappa shape index (κ2) is 5.93. The summed E-state index contributed by atoms with van der Waals surface area (Å²) in [7, 11) is 3.22. The number of anilines is 1. The van der Waals surface area contributed by atoms with Gasteiger partial charge in [0.25, 0.3) is 5.91 Å². The van der Waals surface area contributed by atoms with E-state index in [-0.39, 0.29) is 5.91 Å². The van der Waals surface area contributed by atoms with E-state index in [9.17, 15) is 4.79 Å². The van der Waals surface area contributed by atoms with Gasteiger partial charge in [-0.15, -0.1) is 0 Å². The highest BCUT2D eigenvalue weighted by atomic mass is 16.5. The topological polar surface area (TPSA) is 60.5 Å². The number of carbonyl (C=O) groups excluding carboxylic acids is 1. The molecule has 1 saturated carbocycles. The molecule has 2 aromatic rings. The number of pyridine rings is 1. The van der Waals surface area contributed by atoms with Crippen LogP contribution in [-0.4, -0.2) is 30.7 Å². The molecule has 1 amide bonds. The highest BCUT2D eigenvalue weighted by Crippen LogP contribution is 2.35. The molecule has 1 heterocycles. The standard InChI is InChI=1S/C17H20N2O3/c1-21-14-8-7-13(12-6-5-11-18-15(12)14)19-16(20)17(22-2)9-3-4-10-17/h5-8,11H,3-4,9-10H2,1-2H3,(H,19,20). The van der Waals surface area contributed by atoms with E-state index in [4.69, 9.17) is 9.47 Å². The van der Waals surface area contributed by atoms with E-state index >= 15 is 0 Å². The van der Waals surface area contributed by atoms with Crippen LogP contribution in [0.15, 0.2) is 30.5 Å². The number of hydrogen-bond acceptors (Lipinski definition) is 4. The number of aromatic nitrogens is 1. The zero-order valence-corrected chi connectivity index (χ0v) is 12.9. The van der Waals surface area contributed by atoms with Crippen molar-refractivity contribution in [3.63, 3.8) is 0 Å². The smallest absolute Gasteiger partial charge is 0.256 e. The van der Waals surface area contributed by atoms with Gasteiger partial charge in [0.15, 0.2) is 0 Å². The highest BCUT2D eigenvalue weighted by molar-refractivity contribution is 6.05. The second-order valence-electron chi connectivity index (χ2n) is 5.57. The van der Waals surface area contributed by atoms with Crippen molar-refractivity contribution in [1.82, 2.24) is 4.98 Å². The summed E-state index contributed by atoms with van der Waals surface area (Å²) in [6.07, 6.45) is 5.28. The van der Waals surface area contributed by atoms with Gasteiger partial charge in [-0.05, 0) is 49.9 Å². The summed E-state index contributed by atoms with van der Waals surface area (Å²) in [6, 6.07) is 7.44. The normalized spacial score (nSPS) is 16.6. The maximum absolute atomic E-state index is 12.7. The number of hydrogen-bond donors (Lipinski definition) is 1. The van der Waals surface area contributed by atoms with Gasteiger partial charge in [0, 0.05) is 18.7 Å². The van der Waals surface area contributed by atoms with Gasteiger partial charge >= 0.3 is 0 Å². The molecule has 1 fully saturated rings. The maximum atomic E-state index is 12.7. The van der Waals surface area contributed by atoms with Gasteiger partial charge in [0.2, 0.25) is 0 Å². The third-order valence-electron chi connectivity index (χ3n) is 4.42. The molecule has 1 N–H and O–H groups in total. The Morgan fingerprint density at radius 1 is 1.23 bits per heavy atom. The van der Waals surface area contributed by atoms with E-state index in [1.54, 1.807) is 20.4 Å². The van der Waals surface area contributed by atoms with Crippen LogP contribution in [0.3, 0.4) is 0 Å². The Morgan fingerprint density at radius 2 is 2.00 bits per heavy atom. The fraction of sp³-hybridized carbons (Fsp3) is 0.412. The first-order valence-electron chi connectivity index (χ1n) is 7.48. The van der Waals surface area contributed by atoms with Crippen LogP contribution in [0.4, 0.5) is 5.69 Å². The van der Waals surface area contributed by atoms with Gasteiger partial charge in [-0.3, -0.25) is 9.78 Å². The minimum absolute atomic E-state index is 0.0807. The molecule has 0 spiro atoms. The number of nitrogens with zero attached hydrogens (tertiary/aromatic N) is 1. The third-order valence-corrected chi connectivity index (χ3v) is 4.42. The number of amides is 1. The molecule has 1 aliphatic rings. The van der Waals surface area contributed by atoms with Gasteiger partial charge in [0.1, 0.15) is 16.9 Å². The van der Waals surface area contributed by atoms with Gasteiger partial charge in [0.05, 0.1) is 12.8 Å². The quantitative estimate of drug-likeness (QED) is 0.942. The number of fused-ring (bicyclic) bond motifs is 1. The van der Waals surface area contributed by atoms with Crippen molar-refractivity contribution in [2.45, 2.75) is 31.3 Å². The second-order valence-corrected chi connectivity index (χ2v) is 5.57. The summed E-state index contributed by atoms with van der Waals surface area (Å²) in [5, 5.41) is 3.87. The van der Waals surface area contributed by atoms with E-state index < -0.39 is 5.60 Å². The summed E-state index contributed by atoms with van der Waals surface area (Å²) in [4.78, 5) is 17.0. The highest BCUT2D eigenvalue weighted by Gasteiger charge is 2.41. The van der Waals surface area contributed by atoms with E-state index in [0.29, 0.717) is 5.75 Å². The summed E-state index contributed by atoms with van der Waals surface area (Å²) in [6.45, 7) is 0. The number of methoxy groups -OCH3 is 2. The summed E-state index contributed by atoms with van der Waals surface area (Å²) < 4.78 is 10.9. The average Bonchev–Trinajstić information content (AvgIpc) is 3.05. The van der Waals surface area contributed by atoms with Crippen molar-refractivity contribution < 1.29 is 14.3 Å². The SMILES string of the molecule is COc1ccc(NC(=O)C2(OC)CCCC2)c2cccnc12. The molecule has 0 aliphatic heterocycles. The number of ether oxygens (including phenoxy) is 2. The number of carbonyl (C=O) groups is 1. The largest absolute Gasteiger partial charge is 0.494 e. The van der Waals surface area contributed by atoms with Crippen LogP contribution >= 0.6 is 0 Å². The van der Waals surface area contributed by atoms with Crippen molar-refractivity contribution in [3.8, 4) is 5.75 Å². The van der Waals surface area contributed by atoms with Crippen LogP contribution < -0.4 is 10.1 Å². The molecule has 1 aromatic heterocycles. The number of nitrogens with one attached hydrogen (secondary N) is 1. The van der Waals surface area contributed by atoms with Gasteiger partial charge in [-0.1, -0.05) is 0 Å². The Balaban J connectivity index is 1.96. The first kappa shape index (κ1) is 14.8. The average molecular weight is 300 g/mol. The van der Waals surface area contributed by atoms with Gasteiger partial charge in [-0.25, -0.2) is 0 Å². The van der Waals surface area contributed by atoms with Gasteiger partial charge < -0.3 is 14.8 Å². The first-order valence-corrected chi connectivity index (χ1v) is 7.48. The van der Waals surface area contributed by atoms with Crippen molar-refractivity contribution in [3.05, 3.63) is 30.5 Å². The molecule has 22 heavy (non-hydrogen) atoms. The monoisotopic (exact) mass is 300 g/mol. The van der Waals surface area contributed by atoms with Crippen LogP contribution in [0.1, 0.15) is 25.7 Å². The van der Waals surface area contributed by atoms with Crippen LogP contribution in [-0.2, 0) is 9.53 Å². The summed E-state index contributed by atoms with van der Waals surface area (Å²) in [5.41, 5.74) is 0.770. The molecule has 3 rings (SSSR count). The molecule has 1 aromatic carbocycles. The predicted octanol–water partition coefficient (Wildman–Crippen LogP) is 3.14. The Bertz CT molecular complexity index is 693. The molecule has 1 aliphatic carbocycles. The molecule has 5 heteroatoms. The lowest BCUT2D eigenvalue weighted by molar-refractivity contribution is -0.136. The van der Waals surface area contributed by atoms with Crippen molar-refractivity contribution in [1.29, 1.82) is 0 Å². The number of benzene rings is 1. The fourth-order valence-electron chi connectivity index (χ4n) is 3.13. The van der Waals surface area contributed by atoms with Crippen molar-refractivity contribution >= 4 is 22.5 Å². The molecular weight excluding hydrogens is 280 g/mol. The molecule has 0 atom stereocenters. The summed E-state index contributed by atoms with van der Waals surface area (Å²) in [5.74, 6) is 0.610. The lowest BCUT2D eigenvalue weighted by Gasteiger charge is -2.26. The predicted molar refractivity (Wildman–Crippen MR) is 85.1 cm³/mol. The van der Waals surface area contributed by atoms with Crippen molar-refractivity contribution in [2.24, 2.45) is 0 Å². The summed E-state index contributed by atoms with van der Waals surface area (Å²) >= 11 is 0. The Kier molecular flexibility index (Phi) is 3.98. The third kappa shape index (κ3) is 2.41. The lowest BCUT2D eigenvalue weighted by Crippen LogP contribution is -2.42. The zero-order valence-electron chi connectivity index (χ0n) is 12.9. The Labute approximate surface area is 129 Å². The van der Waals surface area contributed by atoms with Crippen LogP contribution in [0.5, 0.6) is 5.75 Å². The number of rotatable bonds is 4. The van der Waals surface area contributed by atoms with Crippen LogP contribution in [0.25, 0.3) is 10.9 Å². The van der Waals surface area contributed by atoms with E-state index in [2.05, 4.69) is 10.3 Å². The Morgan fingerprint density at radius 3 is 2.68 bits per heavy atom.